The number of carbonyl (C=O) groups is 2. The van der Waals surface area contributed by atoms with Crippen LogP contribution in [0.5, 0.6) is 0 Å². The molecule has 2 rings (SSSR count). The summed E-state index contributed by atoms with van der Waals surface area (Å²) in [7, 11) is -1.39. The Labute approximate surface area is 133 Å². The maximum absolute atomic E-state index is 11.7. The quantitative estimate of drug-likeness (QED) is 0.307. The number of carboxylic acids is 1. The van der Waals surface area contributed by atoms with Gasteiger partial charge in [-0.3, -0.25) is 13.9 Å². The summed E-state index contributed by atoms with van der Waals surface area (Å²) < 4.78 is 12.0. The van der Waals surface area contributed by atoms with E-state index in [9.17, 15) is 18.9 Å². The summed E-state index contributed by atoms with van der Waals surface area (Å²) in [6.45, 7) is 3.42. The first-order valence-electron chi connectivity index (χ1n) is 5.03. The smallest absolute Gasteiger partial charge is 0.543 e. The maximum atomic E-state index is 11.7. The van der Waals surface area contributed by atoms with Crippen molar-refractivity contribution in [3.8, 4) is 0 Å². The molecule has 0 spiro atoms. The third-order valence-electron chi connectivity index (χ3n) is 2.59. The van der Waals surface area contributed by atoms with Crippen molar-refractivity contribution in [1.82, 2.24) is 4.90 Å². The summed E-state index contributed by atoms with van der Waals surface area (Å²) in [5.74, 6) is -1.47. The van der Waals surface area contributed by atoms with Crippen LogP contribution >= 0.6 is 11.8 Å². The third-order valence-corrected chi connectivity index (χ3v) is 5.67. The molecule has 1 fully saturated rings. The first-order chi connectivity index (χ1) is 8.02. The topological polar surface area (TPSA) is 77.5 Å². The van der Waals surface area contributed by atoms with Crippen LogP contribution in [-0.2, 0) is 20.4 Å². The fourth-order valence-corrected chi connectivity index (χ4v) is 4.64. The standard InChI is InChI=1S/C10H11NO4S2.Na/c1-3-5-7(12)11-6(9(13)14)10(16-8(5)11)17(15)4-2;/h3,8H,4H2,1-2H3,(H,13,14);/q;+1/p-1. The molecule has 0 bridgehead atoms. The Kier molecular flexibility index (Phi) is 5.25. The molecule has 92 valence electrons. The number of thioether (sulfide) groups is 1. The second-order valence-corrected chi connectivity index (χ2v) is 6.47. The fourth-order valence-electron chi connectivity index (χ4n) is 1.76. The van der Waals surface area contributed by atoms with E-state index in [1.807, 2.05) is 0 Å². The molecule has 5 nitrogen and oxygen atoms in total. The van der Waals surface area contributed by atoms with E-state index in [1.165, 1.54) is 0 Å². The number of fused-ring (bicyclic) bond motifs is 1. The number of allylic oxidation sites excluding steroid dienone is 1. The second kappa shape index (κ2) is 5.92. The molecule has 0 radical (unpaired) electrons. The van der Waals surface area contributed by atoms with Gasteiger partial charge in [-0.2, -0.15) is 0 Å². The summed E-state index contributed by atoms with van der Waals surface area (Å²) in [6, 6.07) is 0. The number of amides is 1. The van der Waals surface area contributed by atoms with Crippen molar-refractivity contribution in [3.05, 3.63) is 21.6 Å². The first kappa shape index (κ1) is 16.0. The first-order valence-corrected chi connectivity index (χ1v) is 7.23. The van der Waals surface area contributed by atoms with Crippen LogP contribution in [0, 0.1) is 0 Å². The van der Waals surface area contributed by atoms with Gasteiger partial charge in [0.1, 0.15) is 5.37 Å². The monoisotopic (exact) mass is 295 g/mol. The summed E-state index contributed by atoms with van der Waals surface area (Å²) in [5.41, 5.74) is 0.327. The average Bonchev–Trinajstić information content (AvgIpc) is 2.64. The van der Waals surface area contributed by atoms with Gasteiger partial charge in [0.15, 0.2) is 0 Å². The number of hydrogen-bond acceptors (Lipinski definition) is 5. The van der Waals surface area contributed by atoms with Crippen molar-refractivity contribution in [2.75, 3.05) is 5.75 Å². The average molecular weight is 295 g/mol. The van der Waals surface area contributed by atoms with E-state index in [0.29, 0.717) is 11.3 Å². The number of aliphatic carboxylic acids is 1. The Morgan fingerprint density at radius 1 is 1.61 bits per heavy atom. The molecule has 2 atom stereocenters. The van der Waals surface area contributed by atoms with Crippen molar-refractivity contribution in [3.63, 3.8) is 0 Å². The van der Waals surface area contributed by atoms with Crippen LogP contribution in [-0.4, -0.2) is 32.1 Å². The minimum absolute atomic E-state index is 0. The number of hydrogen-bond donors (Lipinski definition) is 0. The molecule has 1 saturated heterocycles. The molecule has 0 aromatic heterocycles. The van der Waals surface area contributed by atoms with Crippen LogP contribution in [0.1, 0.15) is 13.8 Å². The Morgan fingerprint density at radius 2 is 2.22 bits per heavy atom. The summed E-state index contributed by atoms with van der Waals surface area (Å²) in [4.78, 5) is 23.8. The van der Waals surface area contributed by atoms with Gasteiger partial charge in [0.25, 0.3) is 5.91 Å². The minimum atomic E-state index is -1.44. The molecule has 2 heterocycles. The van der Waals surface area contributed by atoms with Gasteiger partial charge in [-0.15, -0.1) is 0 Å². The predicted octanol–water partition coefficient (Wildman–Crippen LogP) is -3.46. The Balaban J connectivity index is 0.00000162. The van der Waals surface area contributed by atoms with Gasteiger partial charge in [-0.05, 0) is 6.92 Å². The SMILES string of the molecule is CC=C1C(=O)N2C(C(=O)[O-])=C(S(=O)CC)SC12.[Na+]. The Hall–Kier alpha value is -0.0800. The fraction of sp³-hybridized carbons (Fsp3) is 0.400. The summed E-state index contributed by atoms with van der Waals surface area (Å²) in [6.07, 6.45) is 1.65. The van der Waals surface area contributed by atoms with Crippen molar-refractivity contribution in [2.24, 2.45) is 0 Å². The van der Waals surface area contributed by atoms with E-state index in [0.717, 1.165) is 16.7 Å². The van der Waals surface area contributed by atoms with Crippen LogP contribution in [0.2, 0.25) is 0 Å². The molecule has 1 amide bonds. The van der Waals surface area contributed by atoms with Gasteiger partial charge in [-0.25, -0.2) is 0 Å². The zero-order valence-electron chi connectivity index (χ0n) is 10.3. The zero-order chi connectivity index (χ0) is 12.7. The molecule has 2 aliphatic rings. The predicted molar refractivity (Wildman–Crippen MR) is 62.7 cm³/mol. The van der Waals surface area contributed by atoms with Gasteiger partial charge >= 0.3 is 29.6 Å². The van der Waals surface area contributed by atoms with E-state index >= 15 is 0 Å². The number of β-lactam (4-membered cyclic amide) rings is 1. The van der Waals surface area contributed by atoms with Crippen LogP contribution in [0.4, 0.5) is 0 Å². The van der Waals surface area contributed by atoms with Gasteiger partial charge in [-0.1, -0.05) is 24.8 Å². The summed E-state index contributed by atoms with van der Waals surface area (Å²) >= 11 is 1.16. The van der Waals surface area contributed by atoms with Gasteiger partial charge in [0, 0.05) is 11.3 Å². The van der Waals surface area contributed by atoms with Crippen LogP contribution in [0.25, 0.3) is 0 Å². The molecule has 0 N–H and O–H groups in total. The van der Waals surface area contributed by atoms with Crippen molar-refractivity contribution in [2.45, 2.75) is 19.2 Å². The molecule has 0 saturated carbocycles. The van der Waals surface area contributed by atoms with E-state index < -0.39 is 16.8 Å². The second-order valence-electron chi connectivity index (χ2n) is 3.45. The molecule has 2 unspecified atom stereocenters. The Bertz CT molecular complexity index is 498. The van der Waals surface area contributed by atoms with Crippen LogP contribution in [0.3, 0.4) is 0 Å². The van der Waals surface area contributed by atoms with E-state index in [2.05, 4.69) is 0 Å². The van der Waals surface area contributed by atoms with E-state index in [-0.39, 0.29) is 50.8 Å². The normalized spacial score (nSPS) is 25.7. The molecule has 0 aliphatic carbocycles. The van der Waals surface area contributed by atoms with Gasteiger partial charge in [0.2, 0.25) is 0 Å². The summed E-state index contributed by atoms with van der Waals surface area (Å²) in [5, 5.41) is 10.7. The van der Waals surface area contributed by atoms with Gasteiger partial charge in [0.05, 0.1) is 26.7 Å². The number of carboxylic acid groups (broad SMARTS) is 1. The molecular weight excluding hydrogens is 285 g/mol. The molecule has 0 aromatic carbocycles. The largest absolute Gasteiger partial charge is 1.00 e. The van der Waals surface area contributed by atoms with Crippen molar-refractivity contribution >= 4 is 34.4 Å². The minimum Gasteiger partial charge on any atom is -0.543 e. The number of carbonyl (C=O) groups excluding carboxylic acids is 2. The third kappa shape index (κ3) is 2.22. The maximum Gasteiger partial charge on any atom is 1.00 e. The number of rotatable bonds is 3. The van der Waals surface area contributed by atoms with Crippen molar-refractivity contribution in [1.29, 1.82) is 0 Å². The van der Waals surface area contributed by atoms with Gasteiger partial charge < -0.3 is 9.90 Å². The van der Waals surface area contributed by atoms with E-state index in [4.69, 9.17) is 0 Å². The Morgan fingerprint density at radius 3 is 2.67 bits per heavy atom. The van der Waals surface area contributed by atoms with Crippen molar-refractivity contribution < 1.29 is 48.5 Å². The molecular formula is C10H10NNaO4S2. The van der Waals surface area contributed by atoms with Crippen LogP contribution in [0.15, 0.2) is 21.6 Å². The number of nitrogens with zero attached hydrogens (tertiary/aromatic N) is 1. The zero-order valence-corrected chi connectivity index (χ0v) is 13.9. The molecule has 8 heteroatoms. The molecule has 18 heavy (non-hydrogen) atoms. The molecule has 0 aromatic rings. The van der Waals surface area contributed by atoms with E-state index in [1.54, 1.807) is 19.9 Å². The molecule has 2 aliphatic heterocycles. The van der Waals surface area contributed by atoms with Crippen LogP contribution < -0.4 is 34.7 Å².